The van der Waals surface area contributed by atoms with Crippen LogP contribution in [0, 0.1) is 0 Å². The fourth-order valence-electron chi connectivity index (χ4n) is 1.80. The number of benzene rings is 1. The van der Waals surface area contributed by atoms with Crippen molar-refractivity contribution in [1.29, 1.82) is 0 Å². The van der Waals surface area contributed by atoms with Crippen molar-refractivity contribution < 1.29 is 14.3 Å². The number of hydrogen-bond donors (Lipinski definition) is 0. The number of thiazole rings is 1. The Hall–Kier alpha value is -2.32. The molecule has 24 heavy (non-hydrogen) atoms. The van der Waals surface area contributed by atoms with E-state index < -0.39 is 5.97 Å². The fraction of sp³-hybridized carbons (Fsp3) is 0.125. The molecule has 0 bridgehead atoms. The van der Waals surface area contributed by atoms with Crippen molar-refractivity contribution in [2.24, 2.45) is 0 Å². The first kappa shape index (κ1) is 16.5. The Morgan fingerprint density at radius 1 is 1.17 bits per heavy atom. The van der Waals surface area contributed by atoms with Crippen molar-refractivity contribution in [1.82, 2.24) is 15.0 Å². The van der Waals surface area contributed by atoms with Gasteiger partial charge >= 0.3 is 5.97 Å². The highest BCUT2D eigenvalue weighted by atomic mass is 79.9. The monoisotopic (exact) mass is 405 g/mol. The molecule has 3 aromatic rings. The number of rotatable bonds is 6. The molecule has 0 unspecified atom stereocenters. The van der Waals surface area contributed by atoms with Crippen molar-refractivity contribution in [3.05, 3.63) is 58.3 Å². The van der Waals surface area contributed by atoms with Crippen LogP contribution in [-0.4, -0.2) is 34.1 Å². The van der Waals surface area contributed by atoms with Crippen LogP contribution in [0.3, 0.4) is 0 Å². The summed E-state index contributed by atoms with van der Waals surface area (Å²) in [6, 6.07) is 9.17. The molecule has 1 aromatic carbocycles. The average Bonchev–Trinajstić information content (AvgIpc) is 3.10. The first-order valence-corrected chi connectivity index (χ1v) is 8.68. The third-order valence-corrected chi connectivity index (χ3v) is 4.18. The maximum Gasteiger partial charge on any atom is 0.357 e. The van der Waals surface area contributed by atoms with Gasteiger partial charge in [0.05, 0.1) is 0 Å². The molecule has 6 nitrogen and oxygen atoms in total. The number of carbonyl (C=O) groups excluding carboxylic acids is 1. The summed E-state index contributed by atoms with van der Waals surface area (Å²) in [5, 5.41) is 2.20. The third kappa shape index (κ3) is 4.36. The molecule has 0 aliphatic carbocycles. The van der Waals surface area contributed by atoms with E-state index in [0.29, 0.717) is 16.6 Å². The Morgan fingerprint density at radius 2 is 2.00 bits per heavy atom. The van der Waals surface area contributed by atoms with Gasteiger partial charge in [0.25, 0.3) is 0 Å². The maximum atomic E-state index is 12.0. The first-order valence-electron chi connectivity index (χ1n) is 7.01. The molecule has 8 heteroatoms. The molecule has 0 radical (unpaired) electrons. The normalized spacial score (nSPS) is 10.4. The zero-order chi connectivity index (χ0) is 16.8. The SMILES string of the molecule is O=C(OCCOc1cccc(Br)c1)c1csc(-c2ncccn2)n1. The van der Waals surface area contributed by atoms with E-state index >= 15 is 0 Å². The second-order valence-electron chi connectivity index (χ2n) is 4.55. The lowest BCUT2D eigenvalue weighted by Crippen LogP contribution is -2.12. The van der Waals surface area contributed by atoms with Gasteiger partial charge in [0.1, 0.15) is 19.0 Å². The van der Waals surface area contributed by atoms with Gasteiger partial charge in [-0.25, -0.2) is 19.7 Å². The molecule has 0 saturated heterocycles. The van der Waals surface area contributed by atoms with Crippen LogP contribution in [0.25, 0.3) is 10.8 Å². The van der Waals surface area contributed by atoms with Gasteiger partial charge in [-0.1, -0.05) is 22.0 Å². The summed E-state index contributed by atoms with van der Waals surface area (Å²) in [6.07, 6.45) is 3.25. The lowest BCUT2D eigenvalue weighted by Gasteiger charge is -2.06. The van der Waals surface area contributed by atoms with Gasteiger partial charge in [-0.3, -0.25) is 0 Å². The van der Waals surface area contributed by atoms with Crippen LogP contribution in [-0.2, 0) is 4.74 Å². The minimum atomic E-state index is -0.494. The van der Waals surface area contributed by atoms with Crippen LogP contribution in [0.5, 0.6) is 5.75 Å². The predicted octanol–water partition coefficient (Wildman–Crippen LogP) is 3.60. The highest BCUT2D eigenvalue weighted by Crippen LogP contribution is 2.20. The number of halogens is 1. The summed E-state index contributed by atoms with van der Waals surface area (Å²) in [5.74, 6) is 0.698. The van der Waals surface area contributed by atoms with Crippen LogP contribution in [0.15, 0.2) is 52.6 Å². The Kier molecular flexibility index (Phi) is 5.50. The first-order chi connectivity index (χ1) is 11.7. The molecule has 0 aliphatic heterocycles. The second-order valence-corrected chi connectivity index (χ2v) is 6.33. The number of nitrogens with zero attached hydrogens (tertiary/aromatic N) is 3. The molecule has 0 atom stereocenters. The zero-order valence-corrected chi connectivity index (χ0v) is 14.8. The molecule has 122 valence electrons. The topological polar surface area (TPSA) is 74.2 Å². The van der Waals surface area contributed by atoms with E-state index in [2.05, 4.69) is 30.9 Å². The summed E-state index contributed by atoms with van der Waals surface area (Å²) >= 11 is 4.66. The average molecular weight is 406 g/mol. The van der Waals surface area contributed by atoms with Gasteiger partial charge in [0.15, 0.2) is 16.5 Å². The van der Waals surface area contributed by atoms with E-state index in [0.717, 1.165) is 4.47 Å². The van der Waals surface area contributed by atoms with Crippen molar-refractivity contribution in [3.63, 3.8) is 0 Å². The van der Waals surface area contributed by atoms with Crippen molar-refractivity contribution in [2.75, 3.05) is 13.2 Å². The van der Waals surface area contributed by atoms with Crippen molar-refractivity contribution in [2.45, 2.75) is 0 Å². The lowest BCUT2D eigenvalue weighted by molar-refractivity contribution is 0.0444. The summed E-state index contributed by atoms with van der Waals surface area (Å²) in [5.41, 5.74) is 0.241. The fourth-order valence-corrected chi connectivity index (χ4v) is 2.92. The lowest BCUT2D eigenvalue weighted by atomic mass is 10.3. The minimum Gasteiger partial charge on any atom is -0.490 e. The van der Waals surface area contributed by atoms with Gasteiger partial charge in [0, 0.05) is 22.2 Å². The summed E-state index contributed by atoms with van der Waals surface area (Å²) in [7, 11) is 0. The summed E-state index contributed by atoms with van der Waals surface area (Å²) in [6.45, 7) is 0.404. The van der Waals surface area contributed by atoms with Gasteiger partial charge in [-0.15, -0.1) is 11.3 Å². The summed E-state index contributed by atoms with van der Waals surface area (Å²) < 4.78 is 11.6. The van der Waals surface area contributed by atoms with Gasteiger partial charge < -0.3 is 9.47 Å². The number of aromatic nitrogens is 3. The van der Waals surface area contributed by atoms with Crippen LogP contribution < -0.4 is 4.74 Å². The van der Waals surface area contributed by atoms with Crippen LogP contribution in [0.4, 0.5) is 0 Å². The van der Waals surface area contributed by atoms with Crippen molar-refractivity contribution >= 4 is 33.2 Å². The standard InChI is InChI=1S/C16H12BrN3O3S/c17-11-3-1-4-12(9-11)22-7-8-23-16(21)13-10-24-15(20-13)14-18-5-2-6-19-14/h1-6,9-10H,7-8H2. The predicted molar refractivity (Wildman–Crippen MR) is 93.1 cm³/mol. The van der Waals surface area contributed by atoms with Gasteiger partial charge in [-0.2, -0.15) is 0 Å². The van der Waals surface area contributed by atoms with E-state index in [1.165, 1.54) is 11.3 Å². The molecule has 0 amide bonds. The molecule has 0 N–H and O–H groups in total. The van der Waals surface area contributed by atoms with E-state index in [9.17, 15) is 4.79 Å². The Morgan fingerprint density at radius 3 is 2.79 bits per heavy atom. The molecular formula is C16H12BrN3O3S. The molecule has 0 spiro atoms. The van der Waals surface area contributed by atoms with E-state index in [-0.39, 0.29) is 18.9 Å². The maximum absolute atomic E-state index is 12.0. The molecule has 3 rings (SSSR count). The van der Waals surface area contributed by atoms with E-state index in [1.807, 2.05) is 24.3 Å². The molecule has 0 fully saturated rings. The van der Waals surface area contributed by atoms with Gasteiger partial charge in [0.2, 0.25) is 0 Å². The van der Waals surface area contributed by atoms with E-state index in [1.54, 1.807) is 23.8 Å². The Balaban J connectivity index is 1.50. The van der Waals surface area contributed by atoms with E-state index in [4.69, 9.17) is 9.47 Å². The smallest absolute Gasteiger partial charge is 0.357 e. The van der Waals surface area contributed by atoms with Crippen LogP contribution in [0.1, 0.15) is 10.5 Å². The number of esters is 1. The van der Waals surface area contributed by atoms with Gasteiger partial charge in [-0.05, 0) is 24.3 Å². The largest absolute Gasteiger partial charge is 0.490 e. The Bertz CT molecular complexity index is 826. The highest BCUT2D eigenvalue weighted by Gasteiger charge is 2.14. The second kappa shape index (κ2) is 7.98. The molecular weight excluding hydrogens is 394 g/mol. The Labute approximate surface area is 150 Å². The number of ether oxygens (including phenoxy) is 2. The minimum absolute atomic E-state index is 0.139. The van der Waals surface area contributed by atoms with Crippen molar-refractivity contribution in [3.8, 4) is 16.6 Å². The van der Waals surface area contributed by atoms with Crippen LogP contribution in [0.2, 0.25) is 0 Å². The molecule has 0 saturated carbocycles. The number of carbonyl (C=O) groups is 1. The molecule has 0 aliphatic rings. The van der Waals surface area contributed by atoms with Crippen LogP contribution >= 0.6 is 27.3 Å². The molecule has 2 heterocycles. The summed E-state index contributed by atoms with van der Waals surface area (Å²) in [4.78, 5) is 24.4. The number of hydrogen-bond acceptors (Lipinski definition) is 7. The highest BCUT2D eigenvalue weighted by molar-refractivity contribution is 9.10. The third-order valence-electron chi connectivity index (χ3n) is 2.85. The molecule has 2 aromatic heterocycles. The zero-order valence-electron chi connectivity index (χ0n) is 12.4. The quantitative estimate of drug-likeness (QED) is 0.460.